The number of likely N-dealkylation sites (tertiary alicyclic amines) is 1. The van der Waals surface area contributed by atoms with E-state index in [1.165, 1.54) is 11.0 Å². The Morgan fingerprint density at radius 2 is 2.15 bits per heavy atom. The fourth-order valence-corrected chi connectivity index (χ4v) is 2.52. The molecule has 1 aromatic carbocycles. The van der Waals surface area contributed by atoms with Gasteiger partial charge >= 0.3 is 5.97 Å². The van der Waals surface area contributed by atoms with Crippen LogP contribution in [0.4, 0.5) is 4.39 Å². The predicted octanol–water partition coefficient (Wildman–Crippen LogP) is 1.86. The molecule has 0 radical (unpaired) electrons. The number of nitrogens with zero attached hydrogens (tertiary/aromatic N) is 1. The highest BCUT2D eigenvalue weighted by atomic mass is 19.1. The molecule has 20 heavy (non-hydrogen) atoms. The topological polar surface area (TPSA) is 77.8 Å². The van der Waals surface area contributed by atoms with Gasteiger partial charge in [-0.15, -0.1) is 0 Å². The highest BCUT2D eigenvalue weighted by molar-refractivity contribution is 5.97. The molecule has 0 saturated carbocycles. The number of hydrogen-bond donors (Lipinski definition) is 2. The van der Waals surface area contributed by atoms with E-state index in [4.69, 9.17) is 0 Å². The Labute approximate surface area is 115 Å². The Hall–Kier alpha value is -2.11. The van der Waals surface area contributed by atoms with E-state index in [0.717, 1.165) is 12.1 Å². The fourth-order valence-electron chi connectivity index (χ4n) is 2.52. The van der Waals surface area contributed by atoms with Crippen molar-refractivity contribution in [3.8, 4) is 5.75 Å². The van der Waals surface area contributed by atoms with Gasteiger partial charge in [0.2, 0.25) is 0 Å². The van der Waals surface area contributed by atoms with E-state index in [0.29, 0.717) is 19.4 Å². The molecule has 1 unspecified atom stereocenters. The molecule has 0 spiro atoms. The molecule has 0 aliphatic carbocycles. The molecule has 108 valence electrons. The van der Waals surface area contributed by atoms with Gasteiger partial charge in [-0.3, -0.25) is 9.59 Å². The Bertz CT molecular complexity index is 560. The average Bonchev–Trinajstić information content (AvgIpc) is 2.83. The van der Waals surface area contributed by atoms with Gasteiger partial charge in [0.15, 0.2) is 0 Å². The molecule has 1 fully saturated rings. The van der Waals surface area contributed by atoms with E-state index in [2.05, 4.69) is 0 Å². The normalized spacial score (nSPS) is 22.0. The lowest BCUT2D eigenvalue weighted by atomic mass is 9.84. The van der Waals surface area contributed by atoms with Gasteiger partial charge in [-0.1, -0.05) is 6.92 Å². The minimum atomic E-state index is -0.925. The standard InChI is InChI=1S/C14H16FNO4/c1-2-14(13(19)20)5-6-16(8-14)12(18)10-4-3-9(15)7-11(10)17/h3-4,7,17H,2,5-6,8H2,1H3,(H,19,20). The van der Waals surface area contributed by atoms with E-state index < -0.39 is 28.9 Å². The number of carboxylic acid groups (broad SMARTS) is 1. The summed E-state index contributed by atoms with van der Waals surface area (Å²) in [7, 11) is 0. The zero-order valence-corrected chi connectivity index (χ0v) is 11.1. The van der Waals surface area contributed by atoms with E-state index in [1.807, 2.05) is 0 Å². The van der Waals surface area contributed by atoms with Crippen molar-refractivity contribution in [3.05, 3.63) is 29.6 Å². The number of aromatic hydroxyl groups is 1. The molecule has 6 heteroatoms. The van der Waals surface area contributed by atoms with E-state index in [1.54, 1.807) is 6.92 Å². The first-order valence-electron chi connectivity index (χ1n) is 6.41. The van der Waals surface area contributed by atoms with Crippen LogP contribution >= 0.6 is 0 Å². The van der Waals surface area contributed by atoms with Crippen LogP contribution in [0.2, 0.25) is 0 Å². The number of halogens is 1. The minimum Gasteiger partial charge on any atom is -0.507 e. The SMILES string of the molecule is CCC1(C(=O)O)CCN(C(=O)c2ccc(F)cc2O)C1. The first kappa shape index (κ1) is 14.3. The van der Waals surface area contributed by atoms with Gasteiger partial charge in [-0.2, -0.15) is 0 Å². The van der Waals surface area contributed by atoms with Gasteiger partial charge in [0.05, 0.1) is 11.0 Å². The quantitative estimate of drug-likeness (QED) is 0.886. The van der Waals surface area contributed by atoms with E-state index in [9.17, 15) is 24.2 Å². The highest BCUT2D eigenvalue weighted by Gasteiger charge is 2.45. The molecule has 0 bridgehead atoms. The molecule has 5 nitrogen and oxygen atoms in total. The monoisotopic (exact) mass is 281 g/mol. The highest BCUT2D eigenvalue weighted by Crippen LogP contribution is 2.35. The number of benzene rings is 1. The first-order chi connectivity index (χ1) is 9.39. The van der Waals surface area contributed by atoms with Crippen LogP contribution in [0.5, 0.6) is 5.75 Å². The van der Waals surface area contributed by atoms with Gasteiger partial charge in [-0.05, 0) is 25.0 Å². The number of phenolic OH excluding ortho intramolecular Hbond substituents is 1. The van der Waals surface area contributed by atoms with Gasteiger partial charge in [-0.25, -0.2) is 4.39 Å². The number of rotatable bonds is 3. The third-order valence-corrected chi connectivity index (χ3v) is 3.96. The number of phenols is 1. The average molecular weight is 281 g/mol. The van der Waals surface area contributed by atoms with Crippen LogP contribution in [-0.4, -0.2) is 40.1 Å². The molecule has 1 aliphatic heterocycles. The van der Waals surface area contributed by atoms with Crippen LogP contribution in [0.3, 0.4) is 0 Å². The summed E-state index contributed by atoms with van der Waals surface area (Å²) in [6, 6.07) is 3.17. The first-order valence-corrected chi connectivity index (χ1v) is 6.41. The van der Waals surface area contributed by atoms with Crippen molar-refractivity contribution in [3.63, 3.8) is 0 Å². The Kier molecular flexibility index (Phi) is 3.65. The molecule has 1 saturated heterocycles. The van der Waals surface area contributed by atoms with Crippen LogP contribution in [-0.2, 0) is 4.79 Å². The van der Waals surface area contributed by atoms with Crippen molar-refractivity contribution >= 4 is 11.9 Å². The second-order valence-electron chi connectivity index (χ2n) is 5.08. The van der Waals surface area contributed by atoms with Gasteiger partial charge in [0.25, 0.3) is 5.91 Å². The van der Waals surface area contributed by atoms with E-state index >= 15 is 0 Å². The second kappa shape index (κ2) is 5.11. The second-order valence-corrected chi connectivity index (χ2v) is 5.08. The lowest BCUT2D eigenvalue weighted by Gasteiger charge is -2.23. The Balaban J connectivity index is 2.21. The maximum Gasteiger partial charge on any atom is 0.311 e. The number of aliphatic carboxylic acids is 1. The molecule has 0 aromatic heterocycles. The summed E-state index contributed by atoms with van der Waals surface area (Å²) in [4.78, 5) is 25.0. The van der Waals surface area contributed by atoms with Gasteiger partial charge in [0, 0.05) is 19.2 Å². The van der Waals surface area contributed by atoms with Crippen LogP contribution in [0, 0.1) is 11.2 Å². The minimum absolute atomic E-state index is 0.0105. The third kappa shape index (κ3) is 2.33. The lowest BCUT2D eigenvalue weighted by Crippen LogP contribution is -2.36. The molecule has 1 amide bonds. The molecule has 1 heterocycles. The van der Waals surface area contributed by atoms with Crippen molar-refractivity contribution in [2.24, 2.45) is 5.41 Å². The summed E-state index contributed by atoms with van der Waals surface area (Å²) in [6.07, 6.45) is 0.814. The number of carbonyl (C=O) groups is 2. The smallest absolute Gasteiger partial charge is 0.311 e. The zero-order chi connectivity index (χ0) is 14.9. The Morgan fingerprint density at radius 1 is 1.45 bits per heavy atom. The summed E-state index contributed by atoms with van der Waals surface area (Å²) in [5, 5.41) is 18.9. The van der Waals surface area contributed by atoms with Crippen LogP contribution in [0.1, 0.15) is 30.1 Å². The molecule has 1 atom stereocenters. The number of amides is 1. The zero-order valence-electron chi connectivity index (χ0n) is 11.1. The maximum atomic E-state index is 12.9. The number of hydrogen-bond acceptors (Lipinski definition) is 3. The molecular formula is C14H16FNO4. The van der Waals surface area contributed by atoms with Crippen LogP contribution in [0.15, 0.2) is 18.2 Å². The summed E-state index contributed by atoms with van der Waals surface area (Å²) in [5.74, 6) is -2.45. The van der Waals surface area contributed by atoms with Crippen molar-refractivity contribution in [2.45, 2.75) is 19.8 Å². The molecular weight excluding hydrogens is 265 g/mol. The number of carbonyl (C=O) groups excluding carboxylic acids is 1. The third-order valence-electron chi connectivity index (χ3n) is 3.96. The van der Waals surface area contributed by atoms with Crippen molar-refractivity contribution < 1.29 is 24.2 Å². The molecule has 1 aromatic rings. The number of carboxylic acids is 1. The van der Waals surface area contributed by atoms with Crippen molar-refractivity contribution in [1.82, 2.24) is 4.90 Å². The van der Waals surface area contributed by atoms with E-state index in [-0.39, 0.29) is 12.1 Å². The lowest BCUT2D eigenvalue weighted by molar-refractivity contribution is -0.148. The molecule has 2 rings (SSSR count). The fraction of sp³-hybridized carbons (Fsp3) is 0.429. The molecule has 1 aliphatic rings. The van der Waals surface area contributed by atoms with Gasteiger partial charge < -0.3 is 15.1 Å². The van der Waals surface area contributed by atoms with Gasteiger partial charge in [0.1, 0.15) is 11.6 Å². The Morgan fingerprint density at radius 3 is 2.65 bits per heavy atom. The van der Waals surface area contributed by atoms with Crippen molar-refractivity contribution in [2.75, 3.05) is 13.1 Å². The predicted molar refractivity (Wildman–Crippen MR) is 68.9 cm³/mol. The summed E-state index contributed by atoms with van der Waals surface area (Å²) < 4.78 is 12.9. The van der Waals surface area contributed by atoms with Crippen LogP contribution in [0.25, 0.3) is 0 Å². The van der Waals surface area contributed by atoms with Crippen molar-refractivity contribution in [1.29, 1.82) is 0 Å². The summed E-state index contributed by atoms with van der Waals surface area (Å²) >= 11 is 0. The largest absolute Gasteiger partial charge is 0.507 e. The summed E-state index contributed by atoms with van der Waals surface area (Å²) in [5.41, 5.74) is -0.936. The van der Waals surface area contributed by atoms with Crippen LogP contribution < -0.4 is 0 Å². The molecule has 2 N–H and O–H groups in total. The summed E-state index contributed by atoms with van der Waals surface area (Å²) in [6.45, 7) is 2.20. The maximum absolute atomic E-state index is 12.9.